The van der Waals surface area contributed by atoms with Gasteiger partial charge in [-0.3, -0.25) is 4.79 Å². The Morgan fingerprint density at radius 3 is 3.09 bits per heavy atom. The van der Waals surface area contributed by atoms with E-state index < -0.39 is 0 Å². The van der Waals surface area contributed by atoms with Crippen molar-refractivity contribution in [1.82, 2.24) is 4.90 Å². The summed E-state index contributed by atoms with van der Waals surface area (Å²) in [5, 5.41) is 0. The number of hydrogen-bond donors (Lipinski definition) is 0. The Hall–Kier alpha value is -0.0500. The van der Waals surface area contributed by atoms with Crippen molar-refractivity contribution in [3.8, 4) is 0 Å². The van der Waals surface area contributed by atoms with Crippen molar-refractivity contribution in [1.29, 1.82) is 0 Å². The number of amides is 1. The van der Waals surface area contributed by atoms with Gasteiger partial charge in [-0.25, -0.2) is 0 Å². The molecule has 0 aliphatic carbocycles. The molecular formula is C8H14BrNO. The number of carbonyl (C=O) groups is 1. The van der Waals surface area contributed by atoms with E-state index in [0.717, 1.165) is 32.4 Å². The second kappa shape index (κ2) is 4.10. The van der Waals surface area contributed by atoms with Crippen LogP contribution in [-0.2, 0) is 4.79 Å². The van der Waals surface area contributed by atoms with E-state index in [1.165, 1.54) is 0 Å². The fourth-order valence-corrected chi connectivity index (χ4v) is 2.00. The molecule has 1 rings (SSSR count). The number of halogens is 1. The van der Waals surface area contributed by atoms with Gasteiger partial charge in [0.05, 0.1) is 4.83 Å². The second-order valence-corrected chi connectivity index (χ2v) is 4.04. The maximum atomic E-state index is 11.4. The maximum absolute atomic E-state index is 11.4. The van der Waals surface area contributed by atoms with Crippen molar-refractivity contribution in [2.75, 3.05) is 13.1 Å². The van der Waals surface area contributed by atoms with Crippen LogP contribution in [-0.4, -0.2) is 28.7 Å². The third-order valence-electron chi connectivity index (χ3n) is 1.96. The quantitative estimate of drug-likeness (QED) is 0.649. The Morgan fingerprint density at radius 1 is 1.73 bits per heavy atom. The standard InChI is InChI=1S/C8H14BrNO/c1-2-5-10-6-3-4-7(9)8(10)11/h7H,2-6H2,1H3. The zero-order valence-corrected chi connectivity index (χ0v) is 8.43. The topological polar surface area (TPSA) is 20.3 Å². The molecule has 1 aliphatic rings. The molecule has 0 aromatic rings. The van der Waals surface area contributed by atoms with Crippen LogP contribution in [0.1, 0.15) is 26.2 Å². The minimum Gasteiger partial charge on any atom is -0.342 e. The Kier molecular flexibility index (Phi) is 3.37. The minimum absolute atomic E-state index is 0.0859. The lowest BCUT2D eigenvalue weighted by molar-refractivity contribution is -0.132. The molecule has 1 fully saturated rings. The molecule has 11 heavy (non-hydrogen) atoms. The first-order valence-corrected chi connectivity index (χ1v) is 5.10. The molecule has 3 heteroatoms. The van der Waals surface area contributed by atoms with Crippen LogP contribution in [0.15, 0.2) is 0 Å². The van der Waals surface area contributed by atoms with Crippen LogP contribution >= 0.6 is 15.9 Å². The second-order valence-electron chi connectivity index (χ2n) is 2.94. The highest BCUT2D eigenvalue weighted by atomic mass is 79.9. The summed E-state index contributed by atoms with van der Waals surface area (Å²) in [5.74, 6) is 0.276. The third-order valence-corrected chi connectivity index (χ3v) is 2.81. The SMILES string of the molecule is CCCN1CCCC(Br)C1=O. The molecule has 2 nitrogen and oxygen atoms in total. The summed E-state index contributed by atoms with van der Waals surface area (Å²) in [6.07, 6.45) is 3.20. The number of rotatable bonds is 2. The average Bonchev–Trinajstić information content (AvgIpc) is 1.99. The molecule has 64 valence electrons. The summed E-state index contributed by atoms with van der Waals surface area (Å²) in [6.45, 7) is 3.97. The van der Waals surface area contributed by atoms with Crippen LogP contribution in [0.25, 0.3) is 0 Å². The van der Waals surface area contributed by atoms with Crippen LogP contribution < -0.4 is 0 Å². The fraction of sp³-hybridized carbons (Fsp3) is 0.875. The summed E-state index contributed by atoms with van der Waals surface area (Å²) in [4.78, 5) is 13.4. The third kappa shape index (κ3) is 2.19. The number of carbonyl (C=O) groups excluding carboxylic acids is 1. The van der Waals surface area contributed by atoms with Gasteiger partial charge in [-0.1, -0.05) is 22.9 Å². The van der Waals surface area contributed by atoms with Gasteiger partial charge in [-0.15, -0.1) is 0 Å². The Balaban J connectivity index is 2.44. The van der Waals surface area contributed by atoms with Crippen molar-refractivity contribution in [2.24, 2.45) is 0 Å². The van der Waals surface area contributed by atoms with E-state index >= 15 is 0 Å². The van der Waals surface area contributed by atoms with Gasteiger partial charge in [0.15, 0.2) is 0 Å². The number of piperidine rings is 1. The Bertz CT molecular complexity index is 147. The van der Waals surface area contributed by atoms with E-state index in [-0.39, 0.29) is 10.7 Å². The van der Waals surface area contributed by atoms with Crippen molar-refractivity contribution in [3.63, 3.8) is 0 Å². The van der Waals surface area contributed by atoms with Gasteiger partial charge in [-0.05, 0) is 19.3 Å². The number of nitrogens with zero attached hydrogens (tertiary/aromatic N) is 1. The molecule has 1 heterocycles. The van der Waals surface area contributed by atoms with E-state index in [9.17, 15) is 4.79 Å². The van der Waals surface area contributed by atoms with Crippen LogP contribution in [0.3, 0.4) is 0 Å². The van der Waals surface area contributed by atoms with Crippen molar-refractivity contribution >= 4 is 21.8 Å². The van der Waals surface area contributed by atoms with Crippen molar-refractivity contribution < 1.29 is 4.79 Å². The fourth-order valence-electron chi connectivity index (χ4n) is 1.39. The monoisotopic (exact) mass is 219 g/mol. The highest BCUT2D eigenvalue weighted by Gasteiger charge is 2.25. The van der Waals surface area contributed by atoms with Gasteiger partial charge >= 0.3 is 0 Å². The van der Waals surface area contributed by atoms with Crippen LogP contribution in [0.2, 0.25) is 0 Å². The zero-order valence-electron chi connectivity index (χ0n) is 6.85. The van der Waals surface area contributed by atoms with E-state index in [0.29, 0.717) is 0 Å². The van der Waals surface area contributed by atoms with Gasteiger partial charge in [0.2, 0.25) is 5.91 Å². The molecule has 0 radical (unpaired) electrons. The summed E-state index contributed by atoms with van der Waals surface area (Å²) in [6, 6.07) is 0. The highest BCUT2D eigenvalue weighted by Crippen LogP contribution is 2.18. The molecule has 0 aromatic heterocycles. The summed E-state index contributed by atoms with van der Waals surface area (Å²) in [7, 11) is 0. The van der Waals surface area contributed by atoms with Crippen LogP contribution in [0, 0.1) is 0 Å². The Morgan fingerprint density at radius 2 is 2.45 bits per heavy atom. The molecule has 1 saturated heterocycles. The number of hydrogen-bond acceptors (Lipinski definition) is 1. The molecule has 0 aromatic carbocycles. The smallest absolute Gasteiger partial charge is 0.236 e. The van der Waals surface area contributed by atoms with E-state index in [1.54, 1.807) is 0 Å². The van der Waals surface area contributed by atoms with Crippen molar-refractivity contribution in [3.05, 3.63) is 0 Å². The largest absolute Gasteiger partial charge is 0.342 e. The number of alkyl halides is 1. The van der Waals surface area contributed by atoms with Crippen LogP contribution in [0.4, 0.5) is 0 Å². The van der Waals surface area contributed by atoms with E-state index in [1.807, 2.05) is 4.90 Å². The first-order valence-electron chi connectivity index (χ1n) is 4.18. The predicted octanol–water partition coefficient (Wildman–Crippen LogP) is 1.78. The van der Waals surface area contributed by atoms with E-state index in [2.05, 4.69) is 22.9 Å². The minimum atomic E-state index is 0.0859. The normalized spacial score (nSPS) is 25.8. The Labute approximate surface area is 76.1 Å². The van der Waals surface area contributed by atoms with Gasteiger partial charge in [0.1, 0.15) is 0 Å². The lowest BCUT2D eigenvalue weighted by Crippen LogP contribution is -2.41. The van der Waals surface area contributed by atoms with Gasteiger partial charge in [0, 0.05) is 13.1 Å². The molecule has 0 saturated carbocycles. The molecule has 0 N–H and O–H groups in total. The van der Waals surface area contributed by atoms with Crippen LogP contribution in [0.5, 0.6) is 0 Å². The predicted molar refractivity (Wildman–Crippen MR) is 48.8 cm³/mol. The molecule has 1 amide bonds. The molecule has 0 spiro atoms. The molecule has 1 unspecified atom stereocenters. The van der Waals surface area contributed by atoms with E-state index in [4.69, 9.17) is 0 Å². The van der Waals surface area contributed by atoms with Gasteiger partial charge in [0.25, 0.3) is 0 Å². The summed E-state index contributed by atoms with van der Waals surface area (Å²) in [5.41, 5.74) is 0. The van der Waals surface area contributed by atoms with Gasteiger partial charge < -0.3 is 4.90 Å². The molecule has 0 bridgehead atoms. The van der Waals surface area contributed by atoms with Gasteiger partial charge in [-0.2, -0.15) is 0 Å². The zero-order chi connectivity index (χ0) is 8.27. The first-order chi connectivity index (χ1) is 5.25. The highest BCUT2D eigenvalue weighted by molar-refractivity contribution is 9.10. The lowest BCUT2D eigenvalue weighted by atomic mass is 10.1. The first kappa shape index (κ1) is 9.04. The summed E-state index contributed by atoms with van der Waals surface area (Å²) >= 11 is 3.37. The van der Waals surface area contributed by atoms with Crippen molar-refractivity contribution in [2.45, 2.75) is 31.0 Å². The molecule has 1 aliphatic heterocycles. The maximum Gasteiger partial charge on any atom is 0.236 e. The average molecular weight is 220 g/mol. The lowest BCUT2D eigenvalue weighted by Gasteiger charge is -2.29. The summed E-state index contributed by atoms with van der Waals surface area (Å²) < 4.78 is 0. The molecule has 1 atom stereocenters. The number of likely N-dealkylation sites (tertiary alicyclic amines) is 1. The molecular weight excluding hydrogens is 206 g/mol.